The molecule has 5 heteroatoms. The Hall–Kier alpha value is -2.92. The first-order valence-corrected chi connectivity index (χ1v) is 7.00. The molecular formula is C17H14N4O. The first kappa shape index (κ1) is 12.8. The summed E-state index contributed by atoms with van der Waals surface area (Å²) in [5.74, 6) is 0.352. The molecule has 2 heterocycles. The molecule has 1 atom stereocenters. The van der Waals surface area contributed by atoms with E-state index in [1.54, 1.807) is 0 Å². The molecule has 22 heavy (non-hydrogen) atoms. The van der Waals surface area contributed by atoms with Crippen LogP contribution in [0, 0.1) is 0 Å². The molecule has 2 aromatic heterocycles. The van der Waals surface area contributed by atoms with Gasteiger partial charge in [-0.15, -0.1) is 0 Å². The van der Waals surface area contributed by atoms with E-state index in [0.717, 1.165) is 16.6 Å². The van der Waals surface area contributed by atoms with Crippen molar-refractivity contribution in [2.24, 2.45) is 0 Å². The Balaban J connectivity index is 1.94. The van der Waals surface area contributed by atoms with E-state index in [1.807, 2.05) is 65.2 Å². The van der Waals surface area contributed by atoms with Gasteiger partial charge in [-0.25, -0.2) is 9.97 Å². The Morgan fingerprint density at radius 2 is 1.68 bits per heavy atom. The van der Waals surface area contributed by atoms with Gasteiger partial charge >= 0.3 is 0 Å². The third-order valence-corrected chi connectivity index (χ3v) is 3.73. The summed E-state index contributed by atoms with van der Waals surface area (Å²) in [7, 11) is 0. The van der Waals surface area contributed by atoms with Gasteiger partial charge < -0.3 is 10.8 Å². The number of imidazole rings is 1. The number of nitrogen functional groups attached to an aromatic ring is 1. The molecule has 0 spiro atoms. The molecule has 3 N–H and O–H groups in total. The van der Waals surface area contributed by atoms with Crippen LogP contribution in [0.1, 0.15) is 17.4 Å². The van der Waals surface area contributed by atoms with Crippen molar-refractivity contribution in [1.82, 2.24) is 14.4 Å². The number of benzene rings is 2. The number of hydrogen-bond donors (Lipinski definition) is 2. The first-order valence-electron chi connectivity index (χ1n) is 7.00. The van der Waals surface area contributed by atoms with E-state index in [-0.39, 0.29) is 0 Å². The van der Waals surface area contributed by atoms with Crippen LogP contribution in [0.4, 0.5) is 5.82 Å². The van der Waals surface area contributed by atoms with Gasteiger partial charge in [0.15, 0.2) is 11.5 Å². The standard InChI is InChI=1S/C17H14N4O/c18-16-17-20-13(15(22)11-6-2-1-3-7-11)10-21(17)14-9-5-4-8-12(14)19-16/h1-10,15,22H,(H2,18,19). The first-order chi connectivity index (χ1) is 10.7. The summed E-state index contributed by atoms with van der Waals surface area (Å²) in [6.45, 7) is 0. The molecule has 108 valence electrons. The minimum absolute atomic E-state index is 0.352. The monoisotopic (exact) mass is 290 g/mol. The normalized spacial score (nSPS) is 12.8. The maximum absolute atomic E-state index is 10.5. The quantitative estimate of drug-likeness (QED) is 0.595. The molecule has 0 saturated carbocycles. The van der Waals surface area contributed by atoms with Crippen molar-refractivity contribution >= 4 is 22.5 Å². The lowest BCUT2D eigenvalue weighted by Gasteiger charge is -2.06. The Morgan fingerprint density at radius 1 is 0.955 bits per heavy atom. The number of nitrogens with two attached hydrogens (primary N) is 1. The molecule has 0 saturated heterocycles. The molecule has 0 aliphatic heterocycles. The second kappa shape index (κ2) is 4.82. The van der Waals surface area contributed by atoms with Gasteiger partial charge in [0, 0.05) is 6.20 Å². The molecule has 5 nitrogen and oxygen atoms in total. The molecule has 2 aromatic carbocycles. The largest absolute Gasteiger partial charge is 0.382 e. The fourth-order valence-corrected chi connectivity index (χ4v) is 2.64. The molecule has 0 aliphatic rings. The SMILES string of the molecule is Nc1nc2ccccc2n2cc(C(O)c3ccccc3)nc12. The zero-order chi connectivity index (χ0) is 15.1. The predicted octanol–water partition coefficient (Wildman–Crippen LogP) is 2.55. The summed E-state index contributed by atoms with van der Waals surface area (Å²) >= 11 is 0. The second-order valence-corrected chi connectivity index (χ2v) is 5.16. The maximum Gasteiger partial charge on any atom is 0.180 e. The van der Waals surface area contributed by atoms with Gasteiger partial charge in [0.25, 0.3) is 0 Å². The lowest BCUT2D eigenvalue weighted by atomic mass is 10.1. The van der Waals surface area contributed by atoms with Gasteiger partial charge in [-0.3, -0.25) is 4.40 Å². The highest BCUT2D eigenvalue weighted by Gasteiger charge is 2.16. The van der Waals surface area contributed by atoms with Gasteiger partial charge in [0.1, 0.15) is 6.10 Å². The number of aliphatic hydroxyl groups excluding tert-OH is 1. The zero-order valence-corrected chi connectivity index (χ0v) is 11.7. The van der Waals surface area contributed by atoms with E-state index in [9.17, 15) is 5.11 Å². The topological polar surface area (TPSA) is 76.4 Å². The van der Waals surface area contributed by atoms with Crippen molar-refractivity contribution in [3.8, 4) is 0 Å². The smallest absolute Gasteiger partial charge is 0.180 e. The predicted molar refractivity (Wildman–Crippen MR) is 85.4 cm³/mol. The minimum atomic E-state index is -0.792. The average molecular weight is 290 g/mol. The van der Waals surface area contributed by atoms with Crippen LogP contribution in [0.3, 0.4) is 0 Å². The summed E-state index contributed by atoms with van der Waals surface area (Å²) in [4.78, 5) is 8.83. The molecule has 0 radical (unpaired) electrons. The Bertz CT molecular complexity index is 962. The summed E-state index contributed by atoms with van der Waals surface area (Å²) in [5, 5.41) is 10.5. The maximum atomic E-state index is 10.5. The summed E-state index contributed by atoms with van der Waals surface area (Å²) < 4.78 is 1.87. The van der Waals surface area contributed by atoms with Crippen LogP contribution in [0.25, 0.3) is 16.7 Å². The molecule has 0 aliphatic carbocycles. The van der Waals surface area contributed by atoms with Crippen molar-refractivity contribution in [1.29, 1.82) is 0 Å². The Labute approximate surface area is 126 Å². The highest BCUT2D eigenvalue weighted by atomic mass is 16.3. The van der Waals surface area contributed by atoms with Crippen LogP contribution in [0.5, 0.6) is 0 Å². The number of hydrogen-bond acceptors (Lipinski definition) is 4. The zero-order valence-electron chi connectivity index (χ0n) is 11.7. The molecule has 0 fully saturated rings. The molecule has 4 rings (SSSR count). The number of rotatable bonds is 2. The van der Waals surface area contributed by atoms with Crippen LogP contribution < -0.4 is 5.73 Å². The van der Waals surface area contributed by atoms with Crippen LogP contribution in [0.15, 0.2) is 60.8 Å². The Kier molecular flexibility index (Phi) is 2.80. The number of para-hydroxylation sites is 2. The van der Waals surface area contributed by atoms with Crippen molar-refractivity contribution < 1.29 is 5.11 Å². The van der Waals surface area contributed by atoms with E-state index >= 15 is 0 Å². The van der Waals surface area contributed by atoms with E-state index in [1.165, 1.54) is 0 Å². The van der Waals surface area contributed by atoms with E-state index < -0.39 is 6.10 Å². The number of anilines is 1. The van der Waals surface area contributed by atoms with Gasteiger partial charge in [-0.05, 0) is 17.7 Å². The lowest BCUT2D eigenvalue weighted by Crippen LogP contribution is -1.99. The number of aromatic nitrogens is 3. The van der Waals surface area contributed by atoms with E-state index in [2.05, 4.69) is 9.97 Å². The van der Waals surface area contributed by atoms with Crippen LogP contribution in [-0.4, -0.2) is 19.5 Å². The van der Waals surface area contributed by atoms with Crippen molar-refractivity contribution in [2.45, 2.75) is 6.10 Å². The summed E-state index contributed by atoms with van der Waals surface area (Å²) in [6, 6.07) is 17.1. The highest BCUT2D eigenvalue weighted by Crippen LogP contribution is 2.25. The Morgan fingerprint density at radius 3 is 2.50 bits per heavy atom. The molecule has 4 aromatic rings. The van der Waals surface area contributed by atoms with Gasteiger partial charge in [0.2, 0.25) is 0 Å². The highest BCUT2D eigenvalue weighted by molar-refractivity contribution is 5.82. The van der Waals surface area contributed by atoms with Crippen LogP contribution in [0.2, 0.25) is 0 Å². The molecule has 1 unspecified atom stereocenters. The average Bonchev–Trinajstić information content (AvgIpc) is 3.01. The number of aliphatic hydroxyl groups is 1. The summed E-state index contributed by atoms with van der Waals surface area (Å²) in [5.41, 5.74) is 9.61. The summed E-state index contributed by atoms with van der Waals surface area (Å²) in [6.07, 6.45) is 1.02. The minimum Gasteiger partial charge on any atom is -0.382 e. The number of nitrogens with zero attached hydrogens (tertiary/aromatic N) is 3. The molecule has 0 amide bonds. The fraction of sp³-hybridized carbons (Fsp3) is 0.0588. The molecule has 0 bridgehead atoms. The van der Waals surface area contributed by atoms with Gasteiger partial charge in [-0.1, -0.05) is 42.5 Å². The third kappa shape index (κ3) is 1.91. The van der Waals surface area contributed by atoms with E-state index in [0.29, 0.717) is 17.2 Å². The van der Waals surface area contributed by atoms with Gasteiger partial charge in [-0.2, -0.15) is 0 Å². The van der Waals surface area contributed by atoms with Gasteiger partial charge in [0.05, 0.1) is 16.7 Å². The van der Waals surface area contributed by atoms with Crippen molar-refractivity contribution in [3.63, 3.8) is 0 Å². The van der Waals surface area contributed by atoms with Crippen molar-refractivity contribution in [2.75, 3.05) is 5.73 Å². The van der Waals surface area contributed by atoms with Crippen LogP contribution >= 0.6 is 0 Å². The lowest BCUT2D eigenvalue weighted by molar-refractivity contribution is 0.216. The molecular weight excluding hydrogens is 276 g/mol. The van der Waals surface area contributed by atoms with Crippen molar-refractivity contribution in [3.05, 3.63) is 72.1 Å². The third-order valence-electron chi connectivity index (χ3n) is 3.73. The fourth-order valence-electron chi connectivity index (χ4n) is 2.64. The van der Waals surface area contributed by atoms with E-state index in [4.69, 9.17) is 5.73 Å². The number of fused-ring (bicyclic) bond motifs is 3. The second-order valence-electron chi connectivity index (χ2n) is 5.16. The van der Waals surface area contributed by atoms with Crippen LogP contribution in [-0.2, 0) is 0 Å².